The molecule has 6 heteroatoms. The molecular formula is C21H21NO5. The zero-order valence-electron chi connectivity index (χ0n) is 14.8. The van der Waals surface area contributed by atoms with E-state index in [1.54, 1.807) is 47.4 Å². The lowest BCUT2D eigenvalue weighted by molar-refractivity contribution is -0.0151. The Morgan fingerprint density at radius 2 is 2.11 bits per heavy atom. The van der Waals surface area contributed by atoms with Crippen molar-refractivity contribution in [2.75, 3.05) is 26.4 Å². The number of rotatable bonds is 6. The second-order valence-electron chi connectivity index (χ2n) is 6.14. The molecule has 0 unspecified atom stereocenters. The predicted octanol–water partition coefficient (Wildman–Crippen LogP) is 2.77. The third kappa shape index (κ3) is 4.01. The maximum absolute atomic E-state index is 13.0. The molecule has 0 saturated carbocycles. The molecule has 27 heavy (non-hydrogen) atoms. The number of aldehydes is 1. The molecule has 2 aromatic carbocycles. The van der Waals surface area contributed by atoms with Crippen molar-refractivity contribution < 1.29 is 24.2 Å². The summed E-state index contributed by atoms with van der Waals surface area (Å²) in [5, 5.41) is 9.90. The van der Waals surface area contributed by atoms with Gasteiger partial charge < -0.3 is 19.5 Å². The van der Waals surface area contributed by atoms with Crippen LogP contribution < -0.4 is 4.74 Å². The van der Waals surface area contributed by atoms with Crippen molar-refractivity contribution in [1.82, 2.24) is 4.90 Å². The number of benzene rings is 2. The van der Waals surface area contributed by atoms with E-state index in [-0.39, 0.29) is 24.3 Å². The van der Waals surface area contributed by atoms with Gasteiger partial charge in [0.15, 0.2) is 6.29 Å². The zero-order chi connectivity index (χ0) is 19.2. The Hall–Kier alpha value is -3.12. The van der Waals surface area contributed by atoms with Crippen LogP contribution in [0.5, 0.6) is 11.5 Å². The average Bonchev–Trinajstić information content (AvgIpc) is 2.72. The highest BCUT2D eigenvalue weighted by Crippen LogP contribution is 2.29. The molecule has 1 amide bonds. The first-order chi connectivity index (χ1) is 13.2. The van der Waals surface area contributed by atoms with Gasteiger partial charge >= 0.3 is 0 Å². The number of amides is 1. The molecule has 140 valence electrons. The first kappa shape index (κ1) is 18.7. The lowest BCUT2D eigenvalue weighted by Crippen LogP contribution is -2.51. The largest absolute Gasteiger partial charge is 0.507 e. The van der Waals surface area contributed by atoms with E-state index in [0.29, 0.717) is 48.5 Å². The standard InChI is InChI=1S/C21H21NO5/c1-2-17-19(24)8-5-9-20(17)27-14-16-13-26-11-10-22(16)21(25)18-7-4-3-6-15(18)12-23/h2-9,12,16,24H,1,10-11,13-14H2/t16-/m0/s1. The Morgan fingerprint density at radius 3 is 2.89 bits per heavy atom. The number of nitrogens with zero attached hydrogens (tertiary/aromatic N) is 1. The van der Waals surface area contributed by atoms with Crippen LogP contribution in [0.4, 0.5) is 0 Å². The molecule has 1 fully saturated rings. The van der Waals surface area contributed by atoms with Gasteiger partial charge in [-0.3, -0.25) is 9.59 Å². The summed E-state index contributed by atoms with van der Waals surface area (Å²) >= 11 is 0. The van der Waals surface area contributed by atoms with Gasteiger partial charge in [-0.15, -0.1) is 0 Å². The normalized spacial score (nSPS) is 16.6. The second kappa shape index (κ2) is 8.51. The van der Waals surface area contributed by atoms with E-state index in [1.807, 2.05) is 0 Å². The van der Waals surface area contributed by atoms with Crippen molar-refractivity contribution in [1.29, 1.82) is 0 Å². The van der Waals surface area contributed by atoms with Gasteiger partial charge in [0.05, 0.1) is 30.4 Å². The van der Waals surface area contributed by atoms with Gasteiger partial charge in [-0.1, -0.05) is 36.9 Å². The monoisotopic (exact) mass is 367 g/mol. The van der Waals surface area contributed by atoms with Gasteiger partial charge in [0, 0.05) is 12.1 Å². The summed E-state index contributed by atoms with van der Waals surface area (Å²) in [5.41, 5.74) is 1.22. The quantitative estimate of drug-likeness (QED) is 0.795. The van der Waals surface area contributed by atoms with E-state index in [2.05, 4.69) is 6.58 Å². The molecule has 0 spiro atoms. The molecule has 1 atom stereocenters. The van der Waals surface area contributed by atoms with Crippen LogP contribution in [-0.2, 0) is 4.74 Å². The predicted molar refractivity (Wildman–Crippen MR) is 101 cm³/mol. The molecule has 1 heterocycles. The van der Waals surface area contributed by atoms with Gasteiger partial charge in [-0.2, -0.15) is 0 Å². The maximum atomic E-state index is 13.0. The van der Waals surface area contributed by atoms with E-state index in [1.165, 1.54) is 6.08 Å². The third-order valence-electron chi connectivity index (χ3n) is 4.49. The van der Waals surface area contributed by atoms with Crippen LogP contribution in [0.15, 0.2) is 49.0 Å². The van der Waals surface area contributed by atoms with Gasteiger partial charge in [0.2, 0.25) is 0 Å². The Bertz CT molecular complexity index is 848. The molecule has 2 aromatic rings. The number of phenolic OH excluding ortho intramolecular Hbond substituents is 1. The van der Waals surface area contributed by atoms with Gasteiger partial charge in [-0.05, 0) is 18.2 Å². The topological polar surface area (TPSA) is 76.1 Å². The highest BCUT2D eigenvalue weighted by molar-refractivity contribution is 6.01. The molecule has 1 saturated heterocycles. The minimum Gasteiger partial charge on any atom is -0.507 e. The number of phenols is 1. The summed E-state index contributed by atoms with van der Waals surface area (Å²) in [6, 6.07) is 11.4. The third-order valence-corrected chi connectivity index (χ3v) is 4.49. The summed E-state index contributed by atoms with van der Waals surface area (Å²) in [5.74, 6) is 0.334. The Kier molecular flexibility index (Phi) is 5.88. The fourth-order valence-electron chi connectivity index (χ4n) is 3.06. The molecule has 6 nitrogen and oxygen atoms in total. The van der Waals surface area contributed by atoms with Gasteiger partial charge in [0.25, 0.3) is 5.91 Å². The minimum absolute atomic E-state index is 0.0789. The zero-order valence-corrected chi connectivity index (χ0v) is 14.8. The summed E-state index contributed by atoms with van der Waals surface area (Å²) in [6.07, 6.45) is 2.20. The number of morpholine rings is 1. The molecule has 0 radical (unpaired) electrons. The fraction of sp³-hybridized carbons (Fsp3) is 0.238. The van der Waals surface area contributed by atoms with Crippen LogP contribution in [0.3, 0.4) is 0 Å². The van der Waals surface area contributed by atoms with Crippen LogP contribution in [0.1, 0.15) is 26.3 Å². The fourth-order valence-corrected chi connectivity index (χ4v) is 3.06. The number of hydrogen-bond acceptors (Lipinski definition) is 5. The molecule has 1 aliphatic heterocycles. The highest BCUT2D eigenvalue weighted by atomic mass is 16.5. The first-order valence-electron chi connectivity index (χ1n) is 8.66. The lowest BCUT2D eigenvalue weighted by atomic mass is 10.1. The Labute approximate surface area is 157 Å². The van der Waals surface area contributed by atoms with E-state index < -0.39 is 0 Å². The van der Waals surface area contributed by atoms with Gasteiger partial charge in [0.1, 0.15) is 18.1 Å². The highest BCUT2D eigenvalue weighted by Gasteiger charge is 2.30. The van der Waals surface area contributed by atoms with Crippen molar-refractivity contribution in [2.24, 2.45) is 0 Å². The van der Waals surface area contributed by atoms with E-state index >= 15 is 0 Å². The van der Waals surface area contributed by atoms with Crippen molar-refractivity contribution >= 4 is 18.3 Å². The number of carbonyl (C=O) groups is 2. The summed E-state index contributed by atoms with van der Waals surface area (Å²) in [6.45, 7) is 5.05. The molecule has 0 aromatic heterocycles. The van der Waals surface area contributed by atoms with Crippen LogP contribution in [0.25, 0.3) is 6.08 Å². The van der Waals surface area contributed by atoms with Crippen molar-refractivity contribution in [2.45, 2.75) is 6.04 Å². The minimum atomic E-state index is -0.314. The number of aromatic hydroxyl groups is 1. The van der Waals surface area contributed by atoms with Crippen LogP contribution in [0.2, 0.25) is 0 Å². The smallest absolute Gasteiger partial charge is 0.255 e. The molecule has 1 aliphatic rings. The van der Waals surface area contributed by atoms with E-state index in [9.17, 15) is 14.7 Å². The number of hydrogen-bond donors (Lipinski definition) is 1. The SMILES string of the molecule is C=Cc1c(O)cccc1OC[C@@H]1COCCN1C(=O)c1ccccc1C=O. The van der Waals surface area contributed by atoms with Gasteiger partial charge in [-0.25, -0.2) is 0 Å². The average molecular weight is 367 g/mol. The molecule has 3 rings (SSSR count). The summed E-state index contributed by atoms with van der Waals surface area (Å²) in [4.78, 5) is 25.9. The Morgan fingerprint density at radius 1 is 1.30 bits per heavy atom. The first-order valence-corrected chi connectivity index (χ1v) is 8.66. The van der Waals surface area contributed by atoms with Crippen molar-refractivity contribution in [3.63, 3.8) is 0 Å². The summed E-state index contributed by atoms with van der Waals surface area (Å²) < 4.78 is 11.4. The molecule has 1 N–H and O–H groups in total. The summed E-state index contributed by atoms with van der Waals surface area (Å²) in [7, 11) is 0. The molecule has 0 bridgehead atoms. The van der Waals surface area contributed by atoms with Crippen molar-refractivity contribution in [3.05, 3.63) is 65.7 Å². The maximum Gasteiger partial charge on any atom is 0.255 e. The van der Waals surface area contributed by atoms with E-state index in [4.69, 9.17) is 9.47 Å². The number of carbonyl (C=O) groups excluding carboxylic acids is 2. The second-order valence-corrected chi connectivity index (χ2v) is 6.14. The lowest BCUT2D eigenvalue weighted by Gasteiger charge is -2.35. The molecular weight excluding hydrogens is 346 g/mol. The van der Waals surface area contributed by atoms with Crippen LogP contribution >= 0.6 is 0 Å². The van der Waals surface area contributed by atoms with Crippen molar-refractivity contribution in [3.8, 4) is 11.5 Å². The molecule has 0 aliphatic carbocycles. The number of ether oxygens (including phenoxy) is 2. The van der Waals surface area contributed by atoms with Crippen LogP contribution in [0, 0.1) is 0 Å². The van der Waals surface area contributed by atoms with E-state index in [0.717, 1.165) is 0 Å². The van der Waals surface area contributed by atoms with Crippen LogP contribution in [-0.4, -0.2) is 54.6 Å². The Balaban J connectivity index is 1.78.